The Balaban J connectivity index is 1.25. The maximum absolute atomic E-state index is 13.9. The van der Waals surface area contributed by atoms with Crippen LogP contribution in [0.1, 0.15) is 59.2 Å². The van der Waals surface area contributed by atoms with E-state index in [1.165, 1.54) is 34.4 Å². The van der Waals surface area contributed by atoms with Crippen molar-refractivity contribution in [2.45, 2.75) is 56.9 Å². The Morgan fingerprint density at radius 2 is 1.86 bits per heavy atom. The van der Waals surface area contributed by atoms with Crippen molar-refractivity contribution in [3.63, 3.8) is 0 Å². The highest BCUT2D eigenvalue weighted by atomic mass is 32.1. The lowest BCUT2D eigenvalue weighted by Crippen LogP contribution is -2.43. The van der Waals surface area contributed by atoms with E-state index in [9.17, 15) is 4.79 Å². The van der Waals surface area contributed by atoms with Crippen molar-refractivity contribution < 1.29 is 9.47 Å². The summed E-state index contributed by atoms with van der Waals surface area (Å²) in [5, 5.41) is 0.875. The minimum absolute atomic E-state index is 0.0405. The molecule has 1 fully saturated rings. The molecule has 37 heavy (non-hydrogen) atoms. The molecule has 1 saturated carbocycles. The first kappa shape index (κ1) is 23.0. The van der Waals surface area contributed by atoms with E-state index in [2.05, 4.69) is 25.1 Å². The topological polar surface area (TPSA) is 53.4 Å². The van der Waals surface area contributed by atoms with Gasteiger partial charge in [-0.25, -0.2) is 4.98 Å². The fourth-order valence-corrected chi connectivity index (χ4v) is 9.08. The van der Waals surface area contributed by atoms with Crippen LogP contribution in [0.3, 0.4) is 0 Å². The molecule has 2 aromatic carbocycles. The molecular weight excluding hydrogens is 480 g/mol. The molecule has 7 rings (SSSR count). The molecule has 4 aromatic rings. The van der Waals surface area contributed by atoms with Gasteiger partial charge >= 0.3 is 0 Å². The molecule has 0 spiro atoms. The third-order valence-corrected chi connectivity index (χ3v) is 10.7. The van der Waals surface area contributed by atoms with Crippen LogP contribution in [-0.2, 0) is 24.8 Å². The van der Waals surface area contributed by atoms with Gasteiger partial charge in [0, 0.05) is 4.88 Å². The lowest BCUT2D eigenvalue weighted by molar-refractivity contribution is 0.106. The summed E-state index contributed by atoms with van der Waals surface area (Å²) in [5.41, 5.74) is 5.52. The minimum atomic E-state index is 0.0405. The van der Waals surface area contributed by atoms with Crippen molar-refractivity contribution in [1.82, 2.24) is 9.55 Å². The fourth-order valence-electron chi connectivity index (χ4n) is 7.75. The van der Waals surface area contributed by atoms with Gasteiger partial charge in [-0.1, -0.05) is 25.1 Å². The second kappa shape index (κ2) is 8.45. The molecule has 0 bridgehead atoms. The van der Waals surface area contributed by atoms with E-state index in [0.29, 0.717) is 24.3 Å². The SMILES string of the molecule is COc1ccc(Cn2cnc3sc4c(c3c2=O)[C@]2(C)CC[C@@H]3c5ccc(OC)cc5CC[C@@H]3[C@@H]2C4)cc1. The first-order valence-electron chi connectivity index (χ1n) is 13.3. The molecule has 3 aliphatic carbocycles. The van der Waals surface area contributed by atoms with E-state index >= 15 is 0 Å². The van der Waals surface area contributed by atoms with Crippen molar-refractivity contribution in [2.75, 3.05) is 14.2 Å². The summed E-state index contributed by atoms with van der Waals surface area (Å²) in [6.07, 6.45) is 7.44. The minimum Gasteiger partial charge on any atom is -0.497 e. The fraction of sp³-hybridized carbons (Fsp3) is 0.419. The van der Waals surface area contributed by atoms with Crippen LogP contribution in [0.25, 0.3) is 10.2 Å². The Morgan fingerprint density at radius 1 is 1.08 bits per heavy atom. The van der Waals surface area contributed by atoms with E-state index in [0.717, 1.165) is 46.5 Å². The van der Waals surface area contributed by atoms with Gasteiger partial charge in [0.15, 0.2) is 0 Å². The Bertz CT molecular complexity index is 1570. The van der Waals surface area contributed by atoms with Crippen LogP contribution < -0.4 is 15.0 Å². The summed E-state index contributed by atoms with van der Waals surface area (Å²) in [7, 11) is 3.42. The molecule has 0 unspecified atom stereocenters. The van der Waals surface area contributed by atoms with Gasteiger partial charge in [0.1, 0.15) is 16.3 Å². The van der Waals surface area contributed by atoms with Crippen LogP contribution in [0.5, 0.6) is 11.5 Å². The van der Waals surface area contributed by atoms with Crippen molar-refractivity contribution >= 4 is 21.6 Å². The number of fused-ring (bicyclic) bond motifs is 9. The van der Waals surface area contributed by atoms with Gasteiger partial charge in [0.05, 0.1) is 32.5 Å². The number of methoxy groups -OCH3 is 2. The van der Waals surface area contributed by atoms with Gasteiger partial charge in [-0.2, -0.15) is 0 Å². The molecule has 0 N–H and O–H groups in total. The summed E-state index contributed by atoms with van der Waals surface area (Å²) >= 11 is 1.76. The Kier molecular flexibility index (Phi) is 5.26. The zero-order valence-electron chi connectivity index (χ0n) is 21.6. The van der Waals surface area contributed by atoms with Crippen LogP contribution in [0.4, 0.5) is 0 Å². The summed E-state index contributed by atoms with van der Waals surface area (Å²) in [4.78, 5) is 21.0. The van der Waals surface area contributed by atoms with E-state index in [-0.39, 0.29) is 11.0 Å². The third-order valence-electron chi connectivity index (χ3n) is 9.56. The van der Waals surface area contributed by atoms with Crippen LogP contribution in [0, 0.1) is 11.8 Å². The predicted octanol–water partition coefficient (Wildman–Crippen LogP) is 6.09. The molecule has 6 heteroatoms. The van der Waals surface area contributed by atoms with Crippen molar-refractivity contribution in [1.29, 1.82) is 0 Å². The summed E-state index contributed by atoms with van der Waals surface area (Å²) < 4.78 is 12.6. The van der Waals surface area contributed by atoms with Crippen LogP contribution in [0.15, 0.2) is 53.6 Å². The molecule has 2 heterocycles. The average molecular weight is 513 g/mol. The van der Waals surface area contributed by atoms with Crippen molar-refractivity contribution in [3.8, 4) is 11.5 Å². The lowest BCUT2D eigenvalue weighted by Gasteiger charge is -2.49. The predicted molar refractivity (Wildman–Crippen MR) is 147 cm³/mol. The number of aryl methyl sites for hydroxylation is 1. The molecule has 0 saturated heterocycles. The van der Waals surface area contributed by atoms with Gasteiger partial charge in [0.2, 0.25) is 0 Å². The number of hydrogen-bond donors (Lipinski definition) is 0. The molecule has 0 radical (unpaired) electrons. The van der Waals surface area contributed by atoms with Gasteiger partial charge in [-0.15, -0.1) is 11.3 Å². The standard InChI is InChI=1S/C31H32N2O3S/c1-31-13-12-23-22-11-9-21(36-3)14-19(22)6-10-24(23)25(31)15-26-28(31)27-29(37-26)32-17-33(30(27)34)16-18-4-7-20(35-2)8-5-18/h4-5,7-9,11,14,17,23-25H,6,10,12-13,15-16H2,1-3H3/t23-,24+,25+,31-/m1/s1. The van der Waals surface area contributed by atoms with Gasteiger partial charge in [-0.05, 0) is 102 Å². The Morgan fingerprint density at radius 3 is 2.65 bits per heavy atom. The van der Waals surface area contributed by atoms with E-state index in [1.54, 1.807) is 36.5 Å². The number of hydrogen-bond acceptors (Lipinski definition) is 5. The summed E-state index contributed by atoms with van der Waals surface area (Å²) in [5.74, 6) is 3.64. The second-order valence-electron chi connectivity index (χ2n) is 11.2. The first-order valence-corrected chi connectivity index (χ1v) is 14.1. The zero-order chi connectivity index (χ0) is 25.3. The average Bonchev–Trinajstić information content (AvgIpc) is 3.44. The monoisotopic (exact) mass is 512 g/mol. The maximum Gasteiger partial charge on any atom is 0.262 e. The van der Waals surface area contributed by atoms with Gasteiger partial charge < -0.3 is 9.47 Å². The molecule has 0 aliphatic heterocycles. The van der Waals surface area contributed by atoms with Gasteiger partial charge in [0.25, 0.3) is 5.56 Å². The molecule has 5 nitrogen and oxygen atoms in total. The molecule has 2 aromatic heterocycles. The smallest absolute Gasteiger partial charge is 0.262 e. The van der Waals surface area contributed by atoms with Crippen molar-refractivity contribution in [3.05, 3.63) is 86.3 Å². The molecular formula is C31H32N2O3S. The number of benzene rings is 2. The number of ether oxygens (including phenoxy) is 2. The van der Waals surface area contributed by atoms with Crippen LogP contribution in [-0.4, -0.2) is 23.8 Å². The number of thiophene rings is 1. The van der Waals surface area contributed by atoms with Crippen LogP contribution >= 0.6 is 11.3 Å². The largest absolute Gasteiger partial charge is 0.497 e. The lowest BCUT2D eigenvalue weighted by atomic mass is 9.55. The maximum atomic E-state index is 13.9. The quantitative estimate of drug-likeness (QED) is 0.332. The number of nitrogens with zero attached hydrogens (tertiary/aromatic N) is 2. The molecule has 4 atom stereocenters. The highest BCUT2D eigenvalue weighted by molar-refractivity contribution is 7.18. The van der Waals surface area contributed by atoms with E-state index in [1.807, 2.05) is 24.3 Å². The highest BCUT2D eigenvalue weighted by Crippen LogP contribution is 2.62. The Labute approximate surface area is 221 Å². The number of aromatic nitrogens is 2. The first-order chi connectivity index (χ1) is 18.0. The van der Waals surface area contributed by atoms with E-state index < -0.39 is 0 Å². The number of rotatable bonds is 4. The second-order valence-corrected chi connectivity index (χ2v) is 12.3. The van der Waals surface area contributed by atoms with E-state index in [4.69, 9.17) is 14.5 Å². The molecule has 3 aliphatic rings. The molecule has 0 amide bonds. The highest BCUT2D eigenvalue weighted by Gasteiger charge is 2.54. The van der Waals surface area contributed by atoms with Crippen molar-refractivity contribution in [2.24, 2.45) is 11.8 Å². The third kappa shape index (κ3) is 3.41. The normalized spacial score (nSPS) is 25.8. The Hall–Kier alpha value is -3.12. The zero-order valence-corrected chi connectivity index (χ0v) is 22.4. The van der Waals surface area contributed by atoms with Gasteiger partial charge in [-0.3, -0.25) is 9.36 Å². The summed E-state index contributed by atoms with van der Waals surface area (Å²) in [6, 6.07) is 14.6. The van der Waals surface area contributed by atoms with Crippen LogP contribution in [0.2, 0.25) is 0 Å². The molecule has 190 valence electrons. The summed E-state index contributed by atoms with van der Waals surface area (Å²) in [6.45, 7) is 2.96.